The highest BCUT2D eigenvalue weighted by Crippen LogP contribution is 2.27. The molecule has 0 aliphatic rings. The van der Waals surface area contributed by atoms with Gasteiger partial charge < -0.3 is 15.4 Å². The first-order chi connectivity index (χ1) is 13.9. The molecule has 0 aromatic heterocycles. The van der Waals surface area contributed by atoms with Crippen molar-refractivity contribution in [3.63, 3.8) is 0 Å². The van der Waals surface area contributed by atoms with Crippen molar-refractivity contribution in [2.24, 2.45) is 0 Å². The third kappa shape index (κ3) is 5.45. The lowest BCUT2D eigenvalue weighted by molar-refractivity contribution is -0.118. The minimum Gasteiger partial charge on any atom is -0.483 e. The van der Waals surface area contributed by atoms with Crippen molar-refractivity contribution in [1.29, 1.82) is 0 Å². The standard InChI is InChI=1S/C23H21BrN2O3/c1-15-12-17(24)13-16(2)22(15)29-14-21(27)26-20-11-7-6-10-19(20)23(28)25-18-8-4-3-5-9-18/h3-13H,14H2,1-2H3,(H,25,28)(H,26,27). The summed E-state index contributed by atoms with van der Waals surface area (Å²) in [5, 5.41) is 5.59. The van der Waals surface area contributed by atoms with Crippen LogP contribution in [0.25, 0.3) is 0 Å². The molecule has 0 bridgehead atoms. The molecular weight excluding hydrogens is 432 g/mol. The van der Waals surface area contributed by atoms with E-state index in [9.17, 15) is 9.59 Å². The number of hydrogen-bond acceptors (Lipinski definition) is 3. The van der Waals surface area contributed by atoms with Gasteiger partial charge in [-0.05, 0) is 61.4 Å². The van der Waals surface area contributed by atoms with Crippen molar-refractivity contribution >= 4 is 39.1 Å². The monoisotopic (exact) mass is 452 g/mol. The number of hydrogen-bond donors (Lipinski definition) is 2. The van der Waals surface area contributed by atoms with Gasteiger partial charge in [0, 0.05) is 10.2 Å². The largest absolute Gasteiger partial charge is 0.483 e. The van der Waals surface area contributed by atoms with Gasteiger partial charge in [-0.2, -0.15) is 0 Å². The molecule has 0 radical (unpaired) electrons. The Morgan fingerprint density at radius 1 is 0.897 bits per heavy atom. The van der Waals surface area contributed by atoms with Crippen molar-refractivity contribution in [2.75, 3.05) is 17.2 Å². The minimum atomic E-state index is -0.341. The number of anilines is 2. The number of benzene rings is 3. The highest BCUT2D eigenvalue weighted by molar-refractivity contribution is 9.10. The molecule has 2 N–H and O–H groups in total. The Morgan fingerprint density at radius 3 is 2.21 bits per heavy atom. The fourth-order valence-corrected chi connectivity index (χ4v) is 3.65. The fraction of sp³-hybridized carbons (Fsp3) is 0.130. The van der Waals surface area contributed by atoms with Gasteiger partial charge >= 0.3 is 0 Å². The molecule has 148 valence electrons. The maximum Gasteiger partial charge on any atom is 0.262 e. The van der Waals surface area contributed by atoms with Crippen molar-refractivity contribution in [1.82, 2.24) is 0 Å². The van der Waals surface area contributed by atoms with Crippen LogP contribution in [0.15, 0.2) is 71.2 Å². The molecular formula is C23H21BrN2O3. The number of amides is 2. The van der Waals surface area contributed by atoms with Crippen LogP contribution in [0.2, 0.25) is 0 Å². The molecule has 29 heavy (non-hydrogen) atoms. The average molecular weight is 453 g/mol. The van der Waals surface area contributed by atoms with Crippen LogP contribution >= 0.6 is 15.9 Å². The summed E-state index contributed by atoms with van der Waals surface area (Å²) < 4.78 is 6.68. The van der Waals surface area contributed by atoms with Crippen LogP contribution in [0.4, 0.5) is 11.4 Å². The third-order valence-electron chi connectivity index (χ3n) is 4.25. The highest BCUT2D eigenvalue weighted by atomic mass is 79.9. The van der Waals surface area contributed by atoms with Gasteiger partial charge in [-0.3, -0.25) is 9.59 Å². The topological polar surface area (TPSA) is 67.4 Å². The Hall–Kier alpha value is -3.12. The molecule has 0 aliphatic carbocycles. The Balaban J connectivity index is 1.67. The summed E-state index contributed by atoms with van der Waals surface area (Å²) in [4.78, 5) is 25.1. The maximum absolute atomic E-state index is 12.6. The van der Waals surface area contributed by atoms with E-state index in [0.29, 0.717) is 22.7 Å². The first-order valence-electron chi connectivity index (χ1n) is 9.09. The summed E-state index contributed by atoms with van der Waals surface area (Å²) in [5.41, 5.74) is 3.36. The van der Waals surface area contributed by atoms with Crippen LogP contribution in [0, 0.1) is 13.8 Å². The van der Waals surface area contributed by atoms with Crippen molar-refractivity contribution in [2.45, 2.75) is 13.8 Å². The highest BCUT2D eigenvalue weighted by Gasteiger charge is 2.14. The number of rotatable bonds is 6. The molecule has 3 aromatic rings. The van der Waals surface area contributed by atoms with Crippen LogP contribution in [0.3, 0.4) is 0 Å². The van der Waals surface area contributed by atoms with E-state index in [-0.39, 0.29) is 18.4 Å². The molecule has 6 heteroatoms. The van der Waals surface area contributed by atoms with E-state index in [4.69, 9.17) is 4.74 Å². The molecule has 0 fully saturated rings. The summed E-state index contributed by atoms with van der Waals surface area (Å²) in [7, 11) is 0. The zero-order valence-electron chi connectivity index (χ0n) is 16.2. The second kappa shape index (κ2) is 9.39. The van der Waals surface area contributed by atoms with Crippen LogP contribution in [0.5, 0.6) is 5.75 Å². The smallest absolute Gasteiger partial charge is 0.262 e. The van der Waals surface area contributed by atoms with Gasteiger partial charge in [0.25, 0.3) is 11.8 Å². The average Bonchev–Trinajstić information content (AvgIpc) is 2.68. The van der Waals surface area contributed by atoms with E-state index in [2.05, 4.69) is 26.6 Å². The van der Waals surface area contributed by atoms with E-state index < -0.39 is 0 Å². The number of ether oxygens (including phenoxy) is 1. The lowest BCUT2D eigenvalue weighted by atomic mass is 10.1. The van der Waals surface area contributed by atoms with E-state index in [1.165, 1.54) is 0 Å². The summed E-state index contributed by atoms with van der Waals surface area (Å²) in [5.74, 6) is 0.0396. The molecule has 0 heterocycles. The number of nitrogens with one attached hydrogen (secondary N) is 2. The number of halogens is 1. The van der Waals surface area contributed by atoms with Gasteiger partial charge in [0.05, 0.1) is 11.3 Å². The fourth-order valence-electron chi connectivity index (χ4n) is 2.96. The summed E-state index contributed by atoms with van der Waals surface area (Å²) >= 11 is 3.44. The van der Waals surface area contributed by atoms with E-state index >= 15 is 0 Å². The second-order valence-corrected chi connectivity index (χ2v) is 7.49. The number of aryl methyl sites for hydroxylation is 2. The number of carbonyl (C=O) groups excluding carboxylic acids is 2. The van der Waals surface area contributed by atoms with Gasteiger partial charge in [-0.15, -0.1) is 0 Å². The van der Waals surface area contributed by atoms with Gasteiger partial charge in [-0.25, -0.2) is 0 Å². The van der Waals surface area contributed by atoms with Gasteiger partial charge in [0.2, 0.25) is 0 Å². The van der Waals surface area contributed by atoms with E-state index in [1.54, 1.807) is 36.4 Å². The van der Waals surface area contributed by atoms with Crippen LogP contribution in [-0.2, 0) is 4.79 Å². The van der Waals surface area contributed by atoms with Crippen molar-refractivity contribution in [3.8, 4) is 5.75 Å². The van der Waals surface area contributed by atoms with E-state index in [0.717, 1.165) is 15.6 Å². The third-order valence-corrected chi connectivity index (χ3v) is 4.71. The van der Waals surface area contributed by atoms with Gasteiger partial charge in [0.1, 0.15) is 5.75 Å². The maximum atomic E-state index is 12.6. The molecule has 0 saturated carbocycles. The molecule has 5 nitrogen and oxygen atoms in total. The second-order valence-electron chi connectivity index (χ2n) is 6.57. The summed E-state index contributed by atoms with van der Waals surface area (Å²) in [6, 6.07) is 19.9. The Kier molecular flexibility index (Phi) is 6.67. The Labute approximate surface area is 178 Å². The summed E-state index contributed by atoms with van der Waals surface area (Å²) in [6.07, 6.45) is 0. The normalized spacial score (nSPS) is 10.3. The lowest BCUT2D eigenvalue weighted by Gasteiger charge is -2.14. The minimum absolute atomic E-state index is 0.155. The van der Waals surface area contributed by atoms with Crippen LogP contribution in [0.1, 0.15) is 21.5 Å². The number of para-hydroxylation sites is 2. The van der Waals surface area contributed by atoms with E-state index in [1.807, 2.05) is 44.2 Å². The molecule has 0 saturated heterocycles. The Morgan fingerprint density at radius 2 is 1.52 bits per heavy atom. The lowest BCUT2D eigenvalue weighted by Crippen LogP contribution is -2.23. The molecule has 0 aliphatic heterocycles. The summed E-state index contributed by atoms with van der Waals surface area (Å²) in [6.45, 7) is 3.69. The SMILES string of the molecule is Cc1cc(Br)cc(C)c1OCC(=O)Nc1ccccc1C(=O)Nc1ccccc1. The molecule has 0 unspecified atom stereocenters. The Bertz CT molecular complexity index is 1010. The van der Waals surface area contributed by atoms with Crippen molar-refractivity contribution < 1.29 is 14.3 Å². The van der Waals surface area contributed by atoms with Crippen molar-refractivity contribution in [3.05, 3.63) is 87.9 Å². The zero-order chi connectivity index (χ0) is 20.8. The van der Waals surface area contributed by atoms with Gasteiger partial charge in [-0.1, -0.05) is 46.3 Å². The molecule has 3 aromatic carbocycles. The molecule has 0 atom stereocenters. The number of carbonyl (C=O) groups is 2. The first-order valence-corrected chi connectivity index (χ1v) is 9.88. The van der Waals surface area contributed by atoms with Gasteiger partial charge in [0.15, 0.2) is 6.61 Å². The predicted octanol–water partition coefficient (Wildman–Crippen LogP) is 5.34. The molecule has 2 amide bonds. The van der Waals surface area contributed by atoms with Crippen LogP contribution in [-0.4, -0.2) is 18.4 Å². The quantitative estimate of drug-likeness (QED) is 0.530. The van der Waals surface area contributed by atoms with Crippen LogP contribution < -0.4 is 15.4 Å². The first kappa shape index (κ1) is 20.6. The predicted molar refractivity (Wildman–Crippen MR) is 119 cm³/mol. The molecule has 0 spiro atoms. The molecule has 3 rings (SSSR count). The zero-order valence-corrected chi connectivity index (χ0v) is 17.7.